The maximum absolute atomic E-state index is 11.4. The van der Waals surface area contributed by atoms with Crippen LogP contribution < -0.4 is 0 Å². The van der Waals surface area contributed by atoms with Crippen molar-refractivity contribution in [3.63, 3.8) is 0 Å². The van der Waals surface area contributed by atoms with E-state index in [4.69, 9.17) is 0 Å². The predicted octanol–water partition coefficient (Wildman–Crippen LogP) is 2.09. The Balaban J connectivity index is 4.11. The molecule has 0 fully saturated rings. The summed E-state index contributed by atoms with van der Waals surface area (Å²) in [4.78, 5) is 0. The van der Waals surface area contributed by atoms with Crippen LogP contribution in [0.2, 0.25) is 0 Å². The van der Waals surface area contributed by atoms with Gasteiger partial charge in [-0.1, -0.05) is 10.7 Å². The molecule has 0 aliphatic carbocycles. The first kappa shape index (κ1) is 8.24. The van der Waals surface area contributed by atoms with Gasteiger partial charge in [-0.15, -0.1) is 12.5 Å². The van der Waals surface area contributed by atoms with Crippen molar-refractivity contribution in [1.29, 1.82) is 0 Å². The molecule has 50 valence electrons. The molecule has 8 heavy (non-hydrogen) atoms. The maximum atomic E-state index is 11.4. The van der Waals surface area contributed by atoms with Gasteiger partial charge in [-0.2, -0.15) is 0 Å². The van der Waals surface area contributed by atoms with Crippen molar-refractivity contribution in [2.24, 2.45) is 4.13 Å². The van der Waals surface area contributed by atoms with Crippen LogP contribution in [0.1, 0.15) is 0 Å². The third kappa shape index (κ3) is 6.24. The second kappa shape index (κ2) is 2.69. The van der Waals surface area contributed by atoms with Crippen molar-refractivity contribution in [1.82, 2.24) is 0 Å². The van der Waals surface area contributed by atoms with Crippen LogP contribution in [-0.4, -0.2) is 12.5 Å². The summed E-state index contributed by atoms with van der Waals surface area (Å²) < 4.78 is 34.9. The van der Waals surface area contributed by atoms with E-state index < -0.39 is 18.6 Å². The van der Waals surface area contributed by atoms with Crippen molar-refractivity contribution in [2.75, 3.05) is 12.5 Å². The van der Waals surface area contributed by atoms with E-state index in [9.17, 15) is 13.0 Å². The van der Waals surface area contributed by atoms with E-state index in [1.165, 1.54) is 12.5 Å². The van der Waals surface area contributed by atoms with Gasteiger partial charge in [0, 0.05) is 0 Å². The molecule has 0 saturated heterocycles. The van der Waals surface area contributed by atoms with Gasteiger partial charge < -0.3 is 0 Å². The van der Waals surface area contributed by atoms with Crippen LogP contribution in [0.25, 0.3) is 0 Å². The Bertz CT molecular complexity index is 148. The highest BCUT2D eigenvalue weighted by Gasteiger charge is 2.15. The van der Waals surface area contributed by atoms with Gasteiger partial charge in [-0.25, -0.2) is 4.57 Å². The fraction of sp³-hybridized carbons (Fsp3) is 1.00. The first-order valence-corrected chi connectivity index (χ1v) is 5.16. The molecule has 6 heteroatoms. The monoisotopic (exact) mass is 161 g/mol. The Morgan fingerprint density at radius 3 is 1.88 bits per heavy atom. The van der Waals surface area contributed by atoms with Crippen molar-refractivity contribution < 1.29 is 13.0 Å². The average Bonchev–Trinajstić information content (AvgIpc) is 1.21. The summed E-state index contributed by atoms with van der Waals surface area (Å²) in [6.07, 6.45) is 2.96. The smallest absolute Gasteiger partial charge is 0.223 e. The Hall–Kier alpha value is 0.240. The molecule has 0 N–H and O–H groups in total. The normalized spacial score (nSPS) is 12.1. The summed E-state index contributed by atoms with van der Waals surface area (Å²) in [5.41, 5.74) is 0. The highest BCUT2D eigenvalue weighted by Crippen LogP contribution is 2.51. The molecular formula is C2H6F2NOPS. The van der Waals surface area contributed by atoms with Crippen LogP contribution in [0.5, 0.6) is 0 Å². The fourth-order valence-corrected chi connectivity index (χ4v) is 1.71. The van der Waals surface area contributed by atoms with Crippen molar-refractivity contribution in [2.45, 2.75) is 0 Å². The second-order valence-corrected chi connectivity index (χ2v) is 4.36. The Labute approximate surface area is 49.1 Å². The summed E-state index contributed by atoms with van der Waals surface area (Å²) in [6.45, 7) is 0. The molecule has 0 aliphatic rings. The molecule has 0 spiro atoms. The first-order valence-electron chi connectivity index (χ1n) is 1.72. The minimum Gasteiger partial charge on any atom is -0.223 e. The van der Waals surface area contributed by atoms with Gasteiger partial charge >= 0.3 is 7.91 Å². The molecule has 0 heterocycles. The molecule has 0 aromatic rings. The summed E-state index contributed by atoms with van der Waals surface area (Å²) in [5, 5.41) is 0. The molecule has 2 nitrogen and oxygen atoms in total. The maximum Gasteiger partial charge on any atom is 0.535 e. The summed E-state index contributed by atoms with van der Waals surface area (Å²) in [6, 6.07) is 0. The third-order valence-corrected chi connectivity index (χ3v) is 2.33. The topological polar surface area (TPSA) is 29.4 Å². The zero-order valence-electron chi connectivity index (χ0n) is 4.47. The standard InChI is InChI=1S/C2H6F2NOPS/c1-8(2)5-7(3,4)6/h1-2H3. The summed E-state index contributed by atoms with van der Waals surface area (Å²) >= 11 is 0. The number of rotatable bonds is 1. The van der Waals surface area contributed by atoms with Gasteiger partial charge in [0.2, 0.25) is 0 Å². The lowest BCUT2D eigenvalue weighted by Gasteiger charge is -1.88. The van der Waals surface area contributed by atoms with Crippen molar-refractivity contribution in [3.8, 4) is 0 Å². The zero-order valence-corrected chi connectivity index (χ0v) is 6.18. The van der Waals surface area contributed by atoms with E-state index >= 15 is 0 Å². The Kier molecular flexibility index (Phi) is 2.77. The number of halogens is 2. The van der Waals surface area contributed by atoms with Gasteiger partial charge in [0.15, 0.2) is 0 Å². The van der Waals surface area contributed by atoms with Gasteiger partial charge in [0.05, 0.1) is 0 Å². The number of hydrogen-bond acceptors (Lipinski definition) is 1. The first-order chi connectivity index (χ1) is 3.42. The van der Waals surface area contributed by atoms with Gasteiger partial charge in [-0.05, 0) is 12.5 Å². The van der Waals surface area contributed by atoms with E-state index in [-0.39, 0.29) is 0 Å². The van der Waals surface area contributed by atoms with Crippen LogP contribution in [0.3, 0.4) is 0 Å². The van der Waals surface area contributed by atoms with Crippen LogP contribution in [0.15, 0.2) is 4.13 Å². The second-order valence-electron chi connectivity index (χ2n) is 1.29. The lowest BCUT2D eigenvalue weighted by atomic mass is 11.9. The van der Waals surface area contributed by atoms with Crippen LogP contribution in [0, 0.1) is 0 Å². The van der Waals surface area contributed by atoms with Gasteiger partial charge in [-0.3, -0.25) is 0 Å². The molecule has 0 aromatic carbocycles. The van der Waals surface area contributed by atoms with Crippen molar-refractivity contribution in [3.05, 3.63) is 0 Å². The SMILES string of the molecule is CS(C)=NP(=O)(F)F. The molecule has 0 bridgehead atoms. The van der Waals surface area contributed by atoms with Crippen molar-refractivity contribution >= 4 is 18.6 Å². The lowest BCUT2D eigenvalue weighted by Crippen LogP contribution is -1.73. The quantitative estimate of drug-likeness (QED) is 0.541. The van der Waals surface area contributed by atoms with Crippen LogP contribution >= 0.6 is 7.91 Å². The molecule has 0 atom stereocenters. The van der Waals surface area contributed by atoms with Gasteiger partial charge in [0.25, 0.3) is 0 Å². The molecule has 0 saturated carbocycles. The zero-order chi connectivity index (χ0) is 6.78. The van der Waals surface area contributed by atoms with E-state index in [0.29, 0.717) is 0 Å². The average molecular weight is 161 g/mol. The van der Waals surface area contributed by atoms with E-state index in [1.54, 1.807) is 0 Å². The molecule has 0 rings (SSSR count). The Morgan fingerprint density at radius 2 is 1.88 bits per heavy atom. The third-order valence-electron chi connectivity index (χ3n) is 0.258. The van der Waals surface area contributed by atoms with Gasteiger partial charge in [0.1, 0.15) is 0 Å². The summed E-state index contributed by atoms with van der Waals surface area (Å²) in [7, 11) is -5.86. The predicted molar refractivity (Wildman–Crippen MR) is 31.5 cm³/mol. The minimum atomic E-state index is -5.08. The molecule has 0 unspecified atom stereocenters. The number of nitrogens with zero attached hydrogens (tertiary/aromatic N) is 1. The van der Waals surface area contributed by atoms with E-state index in [2.05, 4.69) is 4.13 Å². The largest absolute Gasteiger partial charge is 0.535 e. The molecule has 0 aliphatic heterocycles. The summed E-state index contributed by atoms with van der Waals surface area (Å²) in [5.74, 6) is 0. The van der Waals surface area contributed by atoms with E-state index in [0.717, 1.165) is 0 Å². The van der Waals surface area contributed by atoms with E-state index in [1.807, 2.05) is 0 Å². The molecule has 0 aromatic heterocycles. The lowest BCUT2D eigenvalue weighted by molar-refractivity contribution is 0.497. The molecular weight excluding hydrogens is 155 g/mol. The fourth-order valence-electron chi connectivity index (χ4n) is 0.190. The molecule has 0 amide bonds. The minimum absolute atomic E-state index is 0.773. The van der Waals surface area contributed by atoms with Crippen LogP contribution in [0.4, 0.5) is 8.39 Å². The Morgan fingerprint density at radius 1 is 1.50 bits per heavy atom. The van der Waals surface area contributed by atoms with Crippen LogP contribution in [-0.2, 0) is 15.3 Å². The highest BCUT2D eigenvalue weighted by molar-refractivity contribution is 7.89. The highest BCUT2D eigenvalue weighted by atomic mass is 32.2. The number of hydrogen-bond donors (Lipinski definition) is 0. The molecule has 0 radical (unpaired) electrons.